The number of rotatable bonds is 3. The van der Waals surface area contributed by atoms with Crippen LogP contribution < -0.4 is 79.5 Å². The molecule has 1 aromatic rings. The van der Waals surface area contributed by atoms with Gasteiger partial charge < -0.3 is 24.7 Å². The summed E-state index contributed by atoms with van der Waals surface area (Å²) in [6.07, 6.45) is 0. The van der Waals surface area contributed by atoms with E-state index in [0.29, 0.717) is 18.2 Å². The van der Waals surface area contributed by atoms with Gasteiger partial charge in [-0.3, -0.25) is 0 Å². The minimum atomic E-state index is -4.73. The molecule has 0 spiro atoms. The van der Waals surface area contributed by atoms with Gasteiger partial charge in [-0.05, 0) is 18.2 Å². The van der Waals surface area contributed by atoms with Crippen LogP contribution in [0.15, 0.2) is 18.2 Å². The molecule has 0 unspecified atom stereocenters. The maximum absolute atomic E-state index is 10.9. The maximum atomic E-state index is 10.9. The van der Waals surface area contributed by atoms with Crippen LogP contribution in [0.1, 0.15) is 20.7 Å². The summed E-state index contributed by atoms with van der Waals surface area (Å²) in [4.78, 5) is 49.4. The van der Waals surface area contributed by atoms with Gasteiger partial charge in [-0.15, -0.1) is 0 Å². The molecule has 0 radical (unpaired) electrons. The van der Waals surface area contributed by atoms with Crippen molar-refractivity contribution in [2.75, 3.05) is 0 Å². The van der Waals surface area contributed by atoms with Gasteiger partial charge in [0.2, 0.25) is 0 Å². The molecule has 7 nitrogen and oxygen atoms in total. The summed E-state index contributed by atoms with van der Waals surface area (Å²) >= 11 is 0. The average Bonchev–Trinajstić information content (AvgIpc) is 2.15. The third kappa shape index (κ3) is 5.63. The largest absolute Gasteiger partial charge is 1.00 e. The standard InChI is InChI=1S/C8H7O7P.2Na/c9-7(10)4-1-5(8(11)12)3-6(2-4)16(13,14)15;;/h1-3H,(H,9,10)(H,11,12)(H2,13,14,15);;/q;2*+1/p-2. The van der Waals surface area contributed by atoms with Crippen LogP contribution >= 0.6 is 7.94 Å². The monoisotopic (exact) mass is 290 g/mol. The predicted octanol–water partition coefficient (Wildman–Crippen LogP) is -9.85. The molecule has 0 fully saturated rings. The molecular weight excluding hydrogens is 285 g/mol. The molecule has 1 rings (SSSR count). The normalized spacial score (nSPS) is 9.94. The van der Waals surface area contributed by atoms with E-state index >= 15 is 0 Å². The van der Waals surface area contributed by atoms with Crippen LogP contribution in [0.25, 0.3) is 0 Å². The molecule has 0 aliphatic carbocycles. The first-order valence-electron chi connectivity index (χ1n) is 3.85. The molecule has 0 heterocycles. The number of hydrogen-bond acceptors (Lipinski definition) is 7. The summed E-state index contributed by atoms with van der Waals surface area (Å²) in [7, 11) is -4.73. The Morgan fingerprint density at radius 2 is 1.28 bits per heavy atom. The molecule has 0 aromatic heterocycles. The molecule has 0 saturated carbocycles. The molecule has 0 amide bonds. The van der Waals surface area contributed by atoms with E-state index in [9.17, 15) is 24.7 Å². The molecular formula is C8H5Na2O7P. The van der Waals surface area contributed by atoms with Crippen molar-refractivity contribution < 1.29 is 93.6 Å². The van der Waals surface area contributed by atoms with Gasteiger partial charge in [-0.2, -0.15) is 0 Å². The quantitative estimate of drug-likeness (QED) is 0.415. The molecule has 0 atom stereocenters. The third-order valence-corrected chi connectivity index (χ3v) is 2.66. The van der Waals surface area contributed by atoms with Crippen LogP contribution in [0.5, 0.6) is 0 Å². The predicted molar refractivity (Wildman–Crippen MR) is 46.1 cm³/mol. The molecule has 0 aliphatic rings. The van der Waals surface area contributed by atoms with Gasteiger partial charge in [0.15, 0.2) is 0 Å². The van der Waals surface area contributed by atoms with Crippen molar-refractivity contribution in [1.29, 1.82) is 0 Å². The second-order valence-corrected chi connectivity index (χ2v) is 4.49. The number of carboxylic acid groups (broad SMARTS) is 2. The van der Waals surface area contributed by atoms with Gasteiger partial charge in [-0.25, -0.2) is 9.79 Å². The van der Waals surface area contributed by atoms with E-state index in [1.165, 1.54) is 0 Å². The van der Waals surface area contributed by atoms with E-state index in [1.54, 1.807) is 0 Å². The summed E-state index contributed by atoms with van der Waals surface area (Å²) in [5.74, 6) is -3.48. The van der Waals surface area contributed by atoms with E-state index in [4.69, 9.17) is 9.79 Å². The topological polar surface area (TPSA) is 144 Å². The number of aromatic carboxylic acids is 2. The Morgan fingerprint density at radius 3 is 1.50 bits per heavy atom. The number of benzene rings is 1. The Labute approximate surface area is 147 Å². The first kappa shape index (κ1) is 20.8. The van der Waals surface area contributed by atoms with Crippen molar-refractivity contribution >= 4 is 25.2 Å². The van der Waals surface area contributed by atoms with Crippen molar-refractivity contribution in [2.24, 2.45) is 0 Å². The van der Waals surface area contributed by atoms with Crippen LogP contribution in [-0.2, 0) is 0 Å². The van der Waals surface area contributed by atoms with Crippen molar-refractivity contribution in [3.8, 4) is 0 Å². The van der Waals surface area contributed by atoms with Gasteiger partial charge in [-0.1, -0.05) is 0 Å². The number of carboxylic acids is 2. The van der Waals surface area contributed by atoms with Crippen LogP contribution in [0.4, 0.5) is 0 Å². The van der Waals surface area contributed by atoms with E-state index < -0.39 is 36.3 Å². The first-order valence-corrected chi connectivity index (χ1v) is 5.47. The van der Waals surface area contributed by atoms with Gasteiger partial charge >= 0.3 is 59.1 Å². The molecule has 10 heteroatoms. The number of carbonyl (C=O) groups excluding carboxylic acids is 2. The number of hydrogen-bond donors (Lipinski definition) is 2. The molecule has 0 aliphatic heterocycles. The Balaban J connectivity index is 0. The molecule has 18 heavy (non-hydrogen) atoms. The Morgan fingerprint density at radius 1 is 0.944 bits per heavy atom. The zero-order chi connectivity index (χ0) is 12.5. The summed E-state index contributed by atoms with van der Waals surface area (Å²) in [5, 5.41) is 20.2. The second-order valence-electron chi connectivity index (χ2n) is 2.89. The fourth-order valence-corrected chi connectivity index (χ4v) is 1.63. The fourth-order valence-electron chi connectivity index (χ4n) is 1.02. The minimum absolute atomic E-state index is 0. The van der Waals surface area contributed by atoms with Gasteiger partial charge in [0, 0.05) is 11.1 Å². The summed E-state index contributed by atoms with van der Waals surface area (Å²) in [5.41, 5.74) is -1.28. The van der Waals surface area contributed by atoms with Gasteiger partial charge in [0.05, 0.1) is 11.9 Å². The minimum Gasteiger partial charge on any atom is -0.627 e. The van der Waals surface area contributed by atoms with E-state index in [-0.39, 0.29) is 59.1 Å². The summed E-state index contributed by atoms with van der Waals surface area (Å²) in [6.45, 7) is 0. The van der Waals surface area contributed by atoms with Crippen LogP contribution in [0, 0.1) is 0 Å². The summed E-state index contributed by atoms with van der Waals surface area (Å²) < 4.78 is 0. The van der Waals surface area contributed by atoms with Crippen molar-refractivity contribution in [2.45, 2.75) is 0 Å². The van der Waals surface area contributed by atoms with Gasteiger partial charge in [0.1, 0.15) is 5.30 Å². The average molecular weight is 290 g/mol. The summed E-state index contributed by atoms with van der Waals surface area (Å²) in [6, 6.07) is 2.01. The zero-order valence-electron chi connectivity index (χ0n) is 9.61. The molecule has 1 aromatic carbocycles. The maximum Gasteiger partial charge on any atom is 1.00 e. The Kier molecular flexibility index (Phi) is 9.14. The third-order valence-electron chi connectivity index (χ3n) is 1.73. The van der Waals surface area contributed by atoms with Gasteiger partial charge in [0.25, 0.3) is 7.94 Å². The molecule has 2 N–H and O–H groups in total. The smallest absolute Gasteiger partial charge is 0.627 e. The van der Waals surface area contributed by atoms with Crippen LogP contribution in [0.3, 0.4) is 0 Å². The number of carbonyl (C=O) groups is 2. The fraction of sp³-hybridized carbons (Fsp3) is 0. The Hall–Kier alpha value is 0.470. The first-order chi connectivity index (χ1) is 7.21. The Bertz CT molecular complexity index is 425. The van der Waals surface area contributed by atoms with Crippen LogP contribution in [-0.4, -0.2) is 21.7 Å². The van der Waals surface area contributed by atoms with Crippen molar-refractivity contribution in [3.05, 3.63) is 29.3 Å². The van der Waals surface area contributed by atoms with Crippen molar-refractivity contribution in [1.82, 2.24) is 0 Å². The van der Waals surface area contributed by atoms with E-state index in [2.05, 4.69) is 0 Å². The van der Waals surface area contributed by atoms with Crippen LogP contribution in [0.2, 0.25) is 0 Å². The second kappa shape index (κ2) is 7.91. The SMILES string of the molecule is O=C([O-])c1cc(C(=O)[O-])cc([P+]([O-])(O)O)c1.[Na+].[Na+]. The van der Waals surface area contributed by atoms with E-state index in [1.807, 2.05) is 0 Å². The molecule has 0 saturated heterocycles. The zero-order valence-corrected chi connectivity index (χ0v) is 14.5. The molecule has 86 valence electrons. The molecule has 0 bridgehead atoms. The van der Waals surface area contributed by atoms with Crippen molar-refractivity contribution in [3.63, 3.8) is 0 Å². The van der Waals surface area contributed by atoms with E-state index in [0.717, 1.165) is 0 Å².